The van der Waals surface area contributed by atoms with Crippen molar-refractivity contribution in [3.8, 4) is 6.07 Å². The van der Waals surface area contributed by atoms with Gasteiger partial charge in [-0.2, -0.15) is 5.26 Å². The second-order valence-electron chi connectivity index (χ2n) is 4.93. The van der Waals surface area contributed by atoms with Gasteiger partial charge in [-0.05, 0) is 24.5 Å². The van der Waals surface area contributed by atoms with Gasteiger partial charge in [-0.3, -0.25) is 4.79 Å². The number of benzene rings is 1. The Morgan fingerprint density at radius 3 is 3.00 bits per heavy atom. The second kappa shape index (κ2) is 3.33. The van der Waals surface area contributed by atoms with Crippen LogP contribution in [0.25, 0.3) is 0 Å². The van der Waals surface area contributed by atoms with Gasteiger partial charge < -0.3 is 4.90 Å². The molecule has 17 heavy (non-hydrogen) atoms. The van der Waals surface area contributed by atoms with Crippen LogP contribution in [0.2, 0.25) is 0 Å². The fraction of sp³-hybridized carbons (Fsp3) is 0.429. The highest BCUT2D eigenvalue weighted by Gasteiger charge is 2.56. The Kier molecular flexibility index (Phi) is 2.03. The predicted molar refractivity (Wildman–Crippen MR) is 64.5 cm³/mol. The molecule has 0 bridgehead atoms. The molecule has 0 N–H and O–H groups in total. The van der Waals surface area contributed by atoms with Crippen molar-refractivity contribution >= 4 is 11.6 Å². The molecule has 1 aromatic rings. The number of rotatable bonds is 0. The monoisotopic (exact) mass is 226 g/mol. The smallest absolute Gasteiger partial charge is 0.238 e. The summed E-state index contributed by atoms with van der Waals surface area (Å²) in [4.78, 5) is 14.2. The van der Waals surface area contributed by atoms with E-state index in [0.717, 1.165) is 30.5 Å². The van der Waals surface area contributed by atoms with Crippen LogP contribution in [0, 0.1) is 17.2 Å². The average Bonchev–Trinajstić information content (AvgIpc) is 2.88. The number of nitrogens with zero attached hydrogens (tertiary/aromatic N) is 2. The molecule has 3 rings (SSSR count). The molecule has 0 unspecified atom stereocenters. The number of likely N-dealkylation sites (N-methyl/N-ethyl adjacent to an activating group) is 1. The molecule has 1 aliphatic carbocycles. The molecule has 2 aliphatic rings. The van der Waals surface area contributed by atoms with Crippen LogP contribution in [0.5, 0.6) is 0 Å². The molecule has 3 heteroatoms. The summed E-state index contributed by atoms with van der Waals surface area (Å²) in [5.74, 6) is -0.0659. The molecule has 1 amide bonds. The van der Waals surface area contributed by atoms with Gasteiger partial charge in [-0.25, -0.2) is 0 Å². The van der Waals surface area contributed by atoms with E-state index in [4.69, 9.17) is 0 Å². The van der Waals surface area contributed by atoms with Crippen molar-refractivity contribution in [3.05, 3.63) is 29.8 Å². The third-order valence-electron chi connectivity index (χ3n) is 4.25. The zero-order valence-corrected chi connectivity index (χ0v) is 9.81. The number of carbonyl (C=O) groups is 1. The molecule has 0 saturated heterocycles. The van der Waals surface area contributed by atoms with E-state index < -0.39 is 5.41 Å². The minimum absolute atomic E-state index is 0.0998. The van der Waals surface area contributed by atoms with E-state index in [9.17, 15) is 10.1 Å². The van der Waals surface area contributed by atoms with E-state index in [0.29, 0.717) is 0 Å². The van der Waals surface area contributed by atoms with Crippen LogP contribution in [0.3, 0.4) is 0 Å². The normalized spacial score (nSPS) is 30.7. The Labute approximate surface area is 101 Å². The summed E-state index contributed by atoms with van der Waals surface area (Å²) in [7, 11) is 1.81. The lowest BCUT2D eigenvalue weighted by Crippen LogP contribution is -2.41. The second-order valence-corrected chi connectivity index (χ2v) is 4.93. The fourth-order valence-electron chi connectivity index (χ4n) is 3.43. The zero-order chi connectivity index (χ0) is 12.0. The molecule has 0 radical (unpaired) electrons. The van der Waals surface area contributed by atoms with Crippen molar-refractivity contribution < 1.29 is 4.79 Å². The Hall–Kier alpha value is -1.82. The topological polar surface area (TPSA) is 44.1 Å². The van der Waals surface area contributed by atoms with Crippen molar-refractivity contribution in [2.24, 2.45) is 5.92 Å². The first-order valence-electron chi connectivity index (χ1n) is 5.99. The molecule has 2 atom stereocenters. The van der Waals surface area contributed by atoms with Crippen molar-refractivity contribution in [1.29, 1.82) is 5.26 Å². The molecule has 1 aromatic carbocycles. The number of hydrogen-bond donors (Lipinski definition) is 0. The van der Waals surface area contributed by atoms with E-state index in [1.807, 2.05) is 31.3 Å². The summed E-state index contributed by atoms with van der Waals surface area (Å²) >= 11 is 0. The van der Waals surface area contributed by atoms with Gasteiger partial charge in [-0.1, -0.05) is 24.6 Å². The van der Waals surface area contributed by atoms with Crippen LogP contribution >= 0.6 is 0 Å². The van der Waals surface area contributed by atoms with E-state index in [-0.39, 0.29) is 11.8 Å². The third kappa shape index (κ3) is 1.08. The molecule has 1 spiro atoms. The molecule has 1 saturated carbocycles. The molecule has 0 aromatic heterocycles. The first kappa shape index (κ1) is 10.3. The number of nitriles is 1. The van der Waals surface area contributed by atoms with Crippen LogP contribution in [-0.4, -0.2) is 13.0 Å². The van der Waals surface area contributed by atoms with Gasteiger partial charge >= 0.3 is 0 Å². The Morgan fingerprint density at radius 2 is 2.24 bits per heavy atom. The molecule has 1 heterocycles. The summed E-state index contributed by atoms with van der Waals surface area (Å²) in [6.07, 6.45) is 2.61. The van der Waals surface area contributed by atoms with Gasteiger partial charge in [0.05, 0.1) is 17.4 Å². The Bertz CT molecular complexity index is 531. The van der Waals surface area contributed by atoms with E-state index in [1.54, 1.807) is 4.90 Å². The summed E-state index contributed by atoms with van der Waals surface area (Å²) in [5.41, 5.74) is 1.47. The summed E-state index contributed by atoms with van der Waals surface area (Å²) in [6.45, 7) is 0. The SMILES string of the molecule is CN1C(=O)[C@@]2(CCC[C@@H]2C#N)c2ccccc21. The first-order chi connectivity index (χ1) is 8.21. The highest BCUT2D eigenvalue weighted by molar-refractivity contribution is 6.08. The Balaban J connectivity index is 2.25. The molecular weight excluding hydrogens is 212 g/mol. The largest absolute Gasteiger partial charge is 0.314 e. The first-order valence-corrected chi connectivity index (χ1v) is 5.99. The molecule has 1 aliphatic heterocycles. The van der Waals surface area contributed by atoms with Crippen LogP contribution < -0.4 is 4.90 Å². The highest BCUT2D eigenvalue weighted by Crippen LogP contribution is 2.53. The number of fused-ring (bicyclic) bond motifs is 2. The number of hydrogen-bond acceptors (Lipinski definition) is 2. The van der Waals surface area contributed by atoms with Crippen LogP contribution in [0.1, 0.15) is 24.8 Å². The fourth-order valence-corrected chi connectivity index (χ4v) is 3.43. The lowest BCUT2D eigenvalue weighted by molar-refractivity contribution is -0.123. The van der Waals surface area contributed by atoms with Gasteiger partial charge in [-0.15, -0.1) is 0 Å². The minimum atomic E-state index is -0.555. The van der Waals surface area contributed by atoms with Crippen molar-refractivity contribution in [2.45, 2.75) is 24.7 Å². The zero-order valence-electron chi connectivity index (χ0n) is 9.81. The molecule has 1 fully saturated rings. The van der Waals surface area contributed by atoms with E-state index >= 15 is 0 Å². The number of carbonyl (C=O) groups excluding carboxylic acids is 1. The minimum Gasteiger partial charge on any atom is -0.314 e. The number of amides is 1. The summed E-state index contributed by atoms with van der Waals surface area (Å²) in [5, 5.41) is 9.30. The van der Waals surface area contributed by atoms with Crippen LogP contribution in [-0.2, 0) is 10.2 Å². The van der Waals surface area contributed by atoms with Gasteiger partial charge in [0.15, 0.2) is 0 Å². The maximum absolute atomic E-state index is 12.5. The van der Waals surface area contributed by atoms with Gasteiger partial charge in [0, 0.05) is 12.7 Å². The average molecular weight is 226 g/mol. The highest BCUT2D eigenvalue weighted by atomic mass is 16.2. The number of para-hydroxylation sites is 1. The summed E-state index contributed by atoms with van der Waals surface area (Å²) < 4.78 is 0. The quantitative estimate of drug-likeness (QED) is 0.680. The van der Waals surface area contributed by atoms with E-state index in [1.165, 1.54) is 0 Å². The van der Waals surface area contributed by atoms with Crippen molar-refractivity contribution in [1.82, 2.24) is 0 Å². The van der Waals surface area contributed by atoms with Gasteiger partial charge in [0.25, 0.3) is 0 Å². The molecular formula is C14H14N2O. The third-order valence-corrected chi connectivity index (χ3v) is 4.25. The standard InChI is InChI=1S/C14H14N2O/c1-16-12-7-3-2-6-11(12)14(13(16)17)8-4-5-10(14)9-15/h2-3,6-7,10H,4-5,8H2,1H3/t10-,14-/m1/s1. The van der Waals surface area contributed by atoms with Gasteiger partial charge in [0.1, 0.15) is 0 Å². The van der Waals surface area contributed by atoms with Crippen LogP contribution in [0.4, 0.5) is 5.69 Å². The molecule has 86 valence electrons. The predicted octanol–water partition coefficient (Wildman–Crippen LogP) is 2.22. The summed E-state index contributed by atoms with van der Waals surface area (Å²) in [6, 6.07) is 10.2. The van der Waals surface area contributed by atoms with E-state index in [2.05, 4.69) is 6.07 Å². The molecule has 3 nitrogen and oxygen atoms in total. The van der Waals surface area contributed by atoms with Crippen molar-refractivity contribution in [2.75, 3.05) is 11.9 Å². The lowest BCUT2D eigenvalue weighted by atomic mass is 9.73. The van der Waals surface area contributed by atoms with Crippen molar-refractivity contribution in [3.63, 3.8) is 0 Å². The van der Waals surface area contributed by atoms with Gasteiger partial charge in [0.2, 0.25) is 5.91 Å². The maximum atomic E-state index is 12.5. The number of anilines is 1. The lowest BCUT2D eigenvalue weighted by Gasteiger charge is -2.25. The van der Waals surface area contributed by atoms with Crippen LogP contribution in [0.15, 0.2) is 24.3 Å². The Morgan fingerprint density at radius 1 is 1.47 bits per heavy atom. The maximum Gasteiger partial charge on any atom is 0.238 e.